The molecule has 0 radical (unpaired) electrons. The molecule has 0 bridgehead atoms. The molecule has 0 heterocycles. The van der Waals surface area contributed by atoms with Crippen LogP contribution < -0.4 is 40.7 Å². The number of hydrogen-bond donors (Lipinski definition) is 0. The van der Waals surface area contributed by atoms with Crippen molar-refractivity contribution in [3.63, 3.8) is 0 Å². The van der Waals surface area contributed by atoms with Crippen molar-refractivity contribution in [2.24, 2.45) is 0 Å². The topological polar surface area (TPSA) is 83.1 Å². The van der Waals surface area contributed by atoms with Crippen LogP contribution in [0.15, 0.2) is 218 Å². The van der Waals surface area contributed by atoms with Crippen LogP contribution in [0.5, 0.6) is 51.7 Å². The van der Waals surface area contributed by atoms with Crippen LogP contribution in [0.1, 0.15) is 50.1 Å². The summed E-state index contributed by atoms with van der Waals surface area (Å²) in [6.45, 7) is 18.4. The third-order valence-corrected chi connectivity index (χ3v) is 14.0. The zero-order chi connectivity index (χ0) is 54.9. The van der Waals surface area contributed by atoms with Gasteiger partial charge in [0, 0.05) is 0 Å². The first-order valence-electron chi connectivity index (χ1n) is 24.5. The number of hydrogen-bond acceptors (Lipinski definition) is 9. The standard InChI is InChI=1S/3C21H21O3P.ClH.Ru/c3*1-16-4-10-19(11-5-16)22-25(23-20-12-6-17(2)7-13-20)24-21-14-8-18(3)9-15-21;;/h3*4-15H,1-3H3;1H;/q;;;;+1/p-1. The van der Waals surface area contributed by atoms with Crippen LogP contribution in [0.2, 0.25) is 0 Å². The zero-order valence-corrected chi connectivity index (χ0v) is 49.7. The second-order valence-corrected chi connectivity index (χ2v) is 20.8. The Bertz CT molecular complexity index is 2400. The molecule has 0 spiro atoms. The summed E-state index contributed by atoms with van der Waals surface area (Å²) in [6, 6.07) is 70.5. The van der Waals surface area contributed by atoms with Crippen molar-refractivity contribution in [3.8, 4) is 51.7 Å². The Morgan fingerprint density at radius 1 is 0.182 bits per heavy atom. The van der Waals surface area contributed by atoms with Crippen molar-refractivity contribution in [1.82, 2.24) is 0 Å². The number of halogens is 1. The molecule has 0 saturated carbocycles. The van der Waals surface area contributed by atoms with E-state index in [0.29, 0.717) is 0 Å². The van der Waals surface area contributed by atoms with Gasteiger partial charge in [-0.3, -0.25) is 0 Å². The predicted molar refractivity (Wildman–Crippen MR) is 313 cm³/mol. The normalized spacial score (nSPS) is 10.4. The van der Waals surface area contributed by atoms with E-state index in [1.807, 2.05) is 298 Å². The summed E-state index contributed by atoms with van der Waals surface area (Å²) < 4.78 is 53.6. The van der Waals surface area contributed by atoms with Gasteiger partial charge in [0.1, 0.15) is 51.7 Å². The molecule has 0 aromatic heterocycles. The second kappa shape index (κ2) is 31.6. The maximum absolute atomic E-state index is 5.96. The van der Waals surface area contributed by atoms with Crippen LogP contribution in [0, 0.1) is 62.3 Å². The Balaban J connectivity index is 0.000000184. The molecule has 9 rings (SSSR count). The van der Waals surface area contributed by atoms with Crippen LogP contribution >= 0.6 is 35.5 Å². The van der Waals surface area contributed by atoms with Crippen LogP contribution in [0.3, 0.4) is 0 Å². The maximum atomic E-state index is 5.96. The Morgan fingerprint density at radius 3 is 0.338 bits per heavy atom. The zero-order valence-electron chi connectivity index (χ0n) is 44.5. The van der Waals surface area contributed by atoms with Gasteiger partial charge in [0.05, 0.1) is 0 Å². The summed E-state index contributed by atoms with van der Waals surface area (Å²) >= 11 is 1.82. The van der Waals surface area contributed by atoms with Crippen molar-refractivity contribution in [1.29, 1.82) is 0 Å². The molecule has 9 aromatic rings. The molecule has 9 nitrogen and oxygen atoms in total. The van der Waals surface area contributed by atoms with E-state index < -0.39 is 25.8 Å². The van der Waals surface area contributed by atoms with Crippen molar-refractivity contribution in [3.05, 3.63) is 268 Å². The quantitative estimate of drug-likeness (QED) is 0.0616. The van der Waals surface area contributed by atoms with E-state index in [1.165, 1.54) is 50.1 Å². The molecule has 0 N–H and O–H groups in total. The number of rotatable bonds is 18. The second-order valence-electron chi connectivity index (χ2n) is 17.8. The molecule has 0 fully saturated rings. The monoisotopic (exact) mass is 1190 g/mol. The molecule has 0 aliphatic heterocycles. The molecule has 0 amide bonds. The van der Waals surface area contributed by atoms with Gasteiger partial charge < -0.3 is 40.7 Å². The Labute approximate surface area is 473 Å². The molecule has 14 heteroatoms. The fraction of sp³-hybridized carbons (Fsp3) is 0.143. The molecular weight excluding hydrogens is 1130 g/mol. The Morgan fingerprint density at radius 2 is 0.260 bits per heavy atom. The average Bonchev–Trinajstić information content (AvgIpc) is 3.43. The van der Waals surface area contributed by atoms with E-state index in [1.54, 1.807) is 0 Å². The van der Waals surface area contributed by atoms with Crippen LogP contribution in [0.4, 0.5) is 0 Å². The van der Waals surface area contributed by atoms with E-state index in [9.17, 15) is 0 Å². The summed E-state index contributed by atoms with van der Waals surface area (Å²) in [7, 11) is -0.286. The van der Waals surface area contributed by atoms with Gasteiger partial charge in [-0.2, -0.15) is 0 Å². The molecule has 9 aromatic carbocycles. The van der Waals surface area contributed by atoms with Gasteiger partial charge >= 0.3 is 52.8 Å². The summed E-state index contributed by atoms with van der Waals surface area (Å²) in [4.78, 5) is 0. The molecule has 0 unspecified atom stereocenters. The van der Waals surface area contributed by atoms with Gasteiger partial charge in [-0.1, -0.05) is 159 Å². The molecule has 0 saturated heterocycles. The van der Waals surface area contributed by atoms with Gasteiger partial charge in [0.15, 0.2) is 0 Å². The molecule has 0 atom stereocenters. The molecular formula is C63H63ClO9P3Ru. The van der Waals surface area contributed by atoms with Crippen LogP contribution in [-0.2, 0) is 17.3 Å². The van der Waals surface area contributed by atoms with Crippen molar-refractivity contribution >= 4 is 35.5 Å². The summed E-state index contributed by atoms with van der Waals surface area (Å²) in [5.41, 5.74) is 10.6. The third kappa shape index (κ3) is 22.1. The Kier molecular flexibility index (Phi) is 24.4. The van der Waals surface area contributed by atoms with Gasteiger partial charge in [0.2, 0.25) is 0 Å². The van der Waals surface area contributed by atoms with Gasteiger partial charge in [-0.15, -0.1) is 0 Å². The van der Waals surface area contributed by atoms with Gasteiger partial charge in [0.25, 0.3) is 0 Å². The first kappa shape index (κ1) is 59.6. The summed E-state index contributed by atoms with van der Waals surface area (Å²) in [5.74, 6) is 6.47. The Hall–Kier alpha value is -6.62. The van der Waals surface area contributed by atoms with Crippen molar-refractivity contribution in [2.45, 2.75) is 62.3 Å². The fourth-order valence-corrected chi connectivity index (χ4v) is 9.31. The van der Waals surface area contributed by atoms with E-state index in [0.717, 1.165) is 51.7 Å². The predicted octanol–water partition coefficient (Wildman–Crippen LogP) is 19.8. The van der Waals surface area contributed by atoms with Crippen LogP contribution in [0.25, 0.3) is 0 Å². The van der Waals surface area contributed by atoms with E-state index >= 15 is 0 Å². The minimum absolute atomic E-state index is 0.718. The first-order valence-corrected chi connectivity index (χ1v) is 30.0. The number of benzene rings is 9. The average molecular weight is 1190 g/mol. The first-order chi connectivity index (χ1) is 37.2. The van der Waals surface area contributed by atoms with Crippen molar-refractivity contribution in [2.75, 3.05) is 0 Å². The van der Waals surface area contributed by atoms with E-state index in [-0.39, 0.29) is 0 Å². The third-order valence-electron chi connectivity index (χ3n) is 10.8. The van der Waals surface area contributed by atoms with Crippen molar-refractivity contribution < 1.29 is 58.0 Å². The fourth-order valence-electron chi connectivity index (χ4n) is 6.33. The van der Waals surface area contributed by atoms with E-state index in [4.69, 9.17) is 40.7 Å². The molecule has 77 heavy (non-hydrogen) atoms. The van der Waals surface area contributed by atoms with E-state index in [2.05, 4.69) is 9.69 Å². The minimum atomic E-state index is -1.62. The summed E-state index contributed by atoms with van der Waals surface area (Å²) in [6.07, 6.45) is 0. The molecule has 399 valence electrons. The van der Waals surface area contributed by atoms with Crippen LogP contribution in [-0.4, -0.2) is 0 Å². The van der Waals surface area contributed by atoms with Gasteiger partial charge in [-0.25, -0.2) is 0 Å². The molecule has 0 aliphatic rings. The SMILES string of the molecule is Cc1ccc(OP(Oc2ccc(C)cc2)Oc2ccc(C)cc2)cc1.Cc1ccc(OP(Oc2ccc(C)cc2)Oc2ccc(C)cc2)cc1.Cc1ccc(OP(Oc2ccc(C)cc2)Oc2ccc(C)cc2)cc1.[Cl][Ru]. The molecule has 0 aliphatic carbocycles. The number of aryl methyl sites for hydroxylation is 9. The summed E-state index contributed by atoms with van der Waals surface area (Å²) in [5, 5.41) is 0. The van der Waals surface area contributed by atoms with Gasteiger partial charge in [-0.05, 0) is 172 Å².